The summed E-state index contributed by atoms with van der Waals surface area (Å²) in [7, 11) is 0. The topological polar surface area (TPSA) is 62.7 Å². The second kappa shape index (κ2) is 15.6. The Bertz CT molecular complexity index is 1080. The van der Waals surface area contributed by atoms with Crippen LogP contribution in [0.25, 0.3) is 17.4 Å². The van der Waals surface area contributed by atoms with Crippen molar-refractivity contribution >= 4 is 29.1 Å². The summed E-state index contributed by atoms with van der Waals surface area (Å²) in [6.45, 7) is 9.18. The molecule has 2 N–H and O–H groups in total. The molecule has 0 saturated carbocycles. The highest BCUT2D eigenvalue weighted by Gasteiger charge is 2.29. The van der Waals surface area contributed by atoms with Crippen LogP contribution in [0.4, 0.5) is 10.5 Å². The molecule has 204 valence electrons. The minimum absolute atomic E-state index is 0.166. The van der Waals surface area contributed by atoms with Crippen molar-refractivity contribution in [2.75, 3.05) is 18.5 Å². The number of nitrogens with one attached hydrogen (secondary N) is 2. The van der Waals surface area contributed by atoms with E-state index in [1.807, 2.05) is 31.2 Å². The van der Waals surface area contributed by atoms with Gasteiger partial charge >= 0.3 is 6.09 Å². The molecule has 0 aromatic heterocycles. The molecule has 5 nitrogen and oxygen atoms in total. The summed E-state index contributed by atoms with van der Waals surface area (Å²) >= 11 is 0. The fraction of sp³-hybridized carbons (Fsp3) is 0.625. The zero-order valence-electron chi connectivity index (χ0n) is 23.4. The molecule has 1 aliphatic heterocycles. The third-order valence-corrected chi connectivity index (χ3v) is 7.41. The van der Waals surface area contributed by atoms with E-state index in [0.29, 0.717) is 6.54 Å². The van der Waals surface area contributed by atoms with Gasteiger partial charge in [-0.15, -0.1) is 0 Å². The number of carbonyl (C=O) groups excluding carboxylic acids is 1. The van der Waals surface area contributed by atoms with Crippen LogP contribution in [0.2, 0.25) is 0 Å². The van der Waals surface area contributed by atoms with Crippen LogP contribution < -0.4 is 21.2 Å². The van der Waals surface area contributed by atoms with E-state index < -0.39 is 5.66 Å². The first-order chi connectivity index (χ1) is 18.0. The maximum Gasteiger partial charge on any atom is 0.407 e. The molecule has 0 radical (unpaired) electrons. The van der Waals surface area contributed by atoms with Crippen LogP contribution in [0.3, 0.4) is 0 Å². The Hall–Kier alpha value is -2.56. The van der Waals surface area contributed by atoms with Crippen molar-refractivity contribution in [3.63, 3.8) is 0 Å². The molecule has 3 rings (SSSR count). The van der Waals surface area contributed by atoms with Crippen molar-refractivity contribution in [1.29, 1.82) is 0 Å². The number of carbonyl (C=O) groups is 1. The first-order valence-corrected chi connectivity index (χ1v) is 14.8. The number of unbranched alkanes of at least 4 members (excludes halogenated alkanes) is 14. The third kappa shape index (κ3) is 9.68. The largest absolute Gasteiger partial charge is 0.445 e. The smallest absolute Gasteiger partial charge is 0.407 e. The fourth-order valence-electron chi connectivity index (χ4n) is 5.24. The van der Waals surface area contributed by atoms with Gasteiger partial charge in [0.1, 0.15) is 6.61 Å². The second-order valence-corrected chi connectivity index (χ2v) is 10.9. The normalized spacial score (nSPS) is 16.3. The van der Waals surface area contributed by atoms with E-state index in [4.69, 9.17) is 9.73 Å². The molecule has 1 atom stereocenters. The van der Waals surface area contributed by atoms with E-state index in [0.717, 1.165) is 39.9 Å². The highest BCUT2D eigenvalue weighted by Crippen LogP contribution is 2.26. The van der Waals surface area contributed by atoms with E-state index in [2.05, 4.69) is 30.2 Å². The van der Waals surface area contributed by atoms with Crippen LogP contribution in [0.5, 0.6) is 0 Å². The summed E-state index contributed by atoms with van der Waals surface area (Å²) < 4.78 is 5.52. The zero-order chi connectivity index (χ0) is 26.3. The molecule has 0 fully saturated rings. The lowest BCUT2D eigenvalue weighted by Crippen LogP contribution is -2.44. The molecule has 0 aliphatic carbocycles. The Morgan fingerprint density at radius 2 is 1.49 bits per heavy atom. The second-order valence-electron chi connectivity index (χ2n) is 10.9. The Balaban J connectivity index is 1.21. The zero-order valence-corrected chi connectivity index (χ0v) is 23.4. The lowest BCUT2D eigenvalue weighted by atomic mass is 10.0. The van der Waals surface area contributed by atoms with Crippen LogP contribution in [-0.2, 0) is 4.74 Å². The van der Waals surface area contributed by atoms with Gasteiger partial charge in [0.25, 0.3) is 0 Å². The molecular weight excluding hydrogens is 458 g/mol. The molecule has 5 heteroatoms. The number of rotatable bonds is 18. The van der Waals surface area contributed by atoms with Gasteiger partial charge < -0.3 is 15.4 Å². The average molecular weight is 508 g/mol. The average Bonchev–Trinajstić information content (AvgIpc) is 2.89. The van der Waals surface area contributed by atoms with Crippen LogP contribution in [-0.4, -0.2) is 24.9 Å². The maximum atomic E-state index is 12.2. The minimum Gasteiger partial charge on any atom is -0.445 e. The lowest BCUT2D eigenvalue weighted by Gasteiger charge is -2.31. The van der Waals surface area contributed by atoms with Crippen molar-refractivity contribution < 1.29 is 9.53 Å². The standard InChI is InChI=1S/C32H49N3O2/c1-4-5-6-7-8-9-10-11-12-13-14-15-16-17-18-24-33-31(36)37-25-32(3)34-28-21-19-20-27-26(2)22-23-29(35-32)30(27)28/h19-23,34H,2,4-18,24-25H2,1,3H3,(H,33,36). The fourth-order valence-corrected chi connectivity index (χ4v) is 5.24. The molecule has 1 amide bonds. The Morgan fingerprint density at radius 3 is 2.11 bits per heavy atom. The number of hydrogen-bond acceptors (Lipinski definition) is 4. The van der Waals surface area contributed by atoms with Crippen molar-refractivity contribution in [2.24, 2.45) is 4.99 Å². The molecular formula is C32H49N3O2. The molecule has 2 aromatic carbocycles. The molecule has 0 bridgehead atoms. The predicted octanol–water partition coefficient (Wildman–Crippen LogP) is 7.61. The number of benzene rings is 2. The van der Waals surface area contributed by atoms with Crippen molar-refractivity contribution in [3.05, 3.63) is 40.9 Å². The number of amides is 1. The number of ether oxygens (including phenoxy) is 1. The van der Waals surface area contributed by atoms with Gasteiger partial charge in [-0.3, -0.25) is 4.99 Å². The van der Waals surface area contributed by atoms with E-state index in [9.17, 15) is 4.79 Å². The Kier molecular flexibility index (Phi) is 12.3. The van der Waals surface area contributed by atoms with Crippen LogP contribution in [0.1, 0.15) is 110 Å². The maximum absolute atomic E-state index is 12.2. The quantitative estimate of drug-likeness (QED) is 0.204. The third-order valence-electron chi connectivity index (χ3n) is 7.41. The van der Waals surface area contributed by atoms with Gasteiger partial charge in [-0.25, -0.2) is 4.79 Å². The first kappa shape index (κ1) is 29.0. The van der Waals surface area contributed by atoms with E-state index in [-0.39, 0.29) is 12.7 Å². The van der Waals surface area contributed by atoms with E-state index in [1.54, 1.807) is 0 Å². The molecule has 1 unspecified atom stereocenters. The van der Waals surface area contributed by atoms with Crippen molar-refractivity contribution in [3.8, 4) is 0 Å². The minimum atomic E-state index is -0.698. The van der Waals surface area contributed by atoms with Gasteiger partial charge in [0.2, 0.25) is 0 Å². The predicted molar refractivity (Wildman–Crippen MR) is 157 cm³/mol. The molecule has 2 aromatic rings. The Morgan fingerprint density at radius 1 is 0.892 bits per heavy atom. The van der Waals surface area contributed by atoms with Crippen LogP contribution in [0, 0.1) is 0 Å². The monoisotopic (exact) mass is 507 g/mol. The number of hydrogen-bond donors (Lipinski definition) is 2. The van der Waals surface area contributed by atoms with Crippen LogP contribution >= 0.6 is 0 Å². The molecule has 0 spiro atoms. The van der Waals surface area contributed by atoms with Gasteiger partial charge in [0.05, 0.1) is 5.36 Å². The van der Waals surface area contributed by atoms with Gasteiger partial charge in [0.15, 0.2) is 5.66 Å². The number of alkyl carbamates (subject to hydrolysis) is 1. The summed E-state index contributed by atoms with van der Waals surface area (Å²) in [6.07, 6.45) is 19.7. The van der Waals surface area contributed by atoms with Gasteiger partial charge in [-0.1, -0.05) is 122 Å². The molecule has 37 heavy (non-hydrogen) atoms. The van der Waals surface area contributed by atoms with Crippen molar-refractivity contribution in [1.82, 2.24) is 5.32 Å². The highest BCUT2D eigenvalue weighted by molar-refractivity contribution is 5.94. The summed E-state index contributed by atoms with van der Waals surface area (Å²) in [5, 5.41) is 10.4. The highest BCUT2D eigenvalue weighted by atomic mass is 16.5. The summed E-state index contributed by atoms with van der Waals surface area (Å²) in [5.41, 5.74) is 0.299. The summed E-state index contributed by atoms with van der Waals surface area (Å²) in [4.78, 5) is 17.1. The van der Waals surface area contributed by atoms with Gasteiger partial charge in [-0.05, 0) is 36.1 Å². The molecule has 1 aliphatic rings. The number of anilines is 1. The SMILES string of the molecule is C=c1ccc2c3c(cccc13)NC(C)(COC(=O)NCCCCCCCCCCCCCCCCC)N=2. The van der Waals surface area contributed by atoms with E-state index >= 15 is 0 Å². The molecule has 1 heterocycles. The number of nitrogens with zero attached hydrogens (tertiary/aromatic N) is 1. The van der Waals surface area contributed by atoms with Gasteiger partial charge in [-0.2, -0.15) is 0 Å². The summed E-state index contributed by atoms with van der Waals surface area (Å²) in [6, 6.07) is 10.1. The van der Waals surface area contributed by atoms with Crippen molar-refractivity contribution in [2.45, 2.75) is 116 Å². The van der Waals surface area contributed by atoms with Crippen LogP contribution in [0.15, 0.2) is 35.3 Å². The first-order valence-electron chi connectivity index (χ1n) is 14.8. The van der Waals surface area contributed by atoms with E-state index in [1.165, 1.54) is 83.5 Å². The Labute approximate surface area is 224 Å². The summed E-state index contributed by atoms with van der Waals surface area (Å²) in [5.74, 6) is 0. The molecule has 0 saturated heterocycles. The lowest BCUT2D eigenvalue weighted by molar-refractivity contribution is 0.126. The van der Waals surface area contributed by atoms with Gasteiger partial charge in [0, 0.05) is 17.6 Å².